The molecule has 0 saturated heterocycles. The molecule has 1 aliphatic carbocycles. The lowest BCUT2D eigenvalue weighted by Crippen LogP contribution is -2.43. The topological polar surface area (TPSA) is 70.2 Å². The Bertz CT molecular complexity index is 694. The van der Waals surface area contributed by atoms with Crippen LogP contribution in [0.5, 0.6) is 0 Å². The highest BCUT2D eigenvalue weighted by atomic mass is 32.1. The van der Waals surface area contributed by atoms with E-state index in [0.717, 1.165) is 23.8 Å². The maximum Gasteiger partial charge on any atom is 0.315 e. The Morgan fingerprint density at radius 1 is 1.32 bits per heavy atom. The molecule has 6 heteroatoms. The van der Waals surface area contributed by atoms with Crippen LogP contribution < -0.4 is 16.0 Å². The van der Waals surface area contributed by atoms with Crippen LogP contribution in [0.25, 0.3) is 10.1 Å². The minimum absolute atomic E-state index is 0.0133. The van der Waals surface area contributed by atoms with Crippen LogP contribution >= 0.6 is 11.3 Å². The van der Waals surface area contributed by atoms with Crippen molar-refractivity contribution in [1.82, 2.24) is 16.0 Å². The third-order valence-corrected chi connectivity index (χ3v) is 4.66. The molecule has 3 rings (SSSR count). The van der Waals surface area contributed by atoms with Crippen molar-refractivity contribution in [1.29, 1.82) is 0 Å². The van der Waals surface area contributed by atoms with Crippen molar-refractivity contribution in [2.75, 3.05) is 6.54 Å². The van der Waals surface area contributed by atoms with Gasteiger partial charge >= 0.3 is 6.03 Å². The molecule has 116 valence electrons. The minimum atomic E-state index is -0.325. The average molecular weight is 317 g/mol. The van der Waals surface area contributed by atoms with Crippen LogP contribution in [0.4, 0.5) is 4.79 Å². The van der Waals surface area contributed by atoms with Gasteiger partial charge in [-0.1, -0.05) is 18.2 Å². The molecular formula is C16H19N3O2S. The van der Waals surface area contributed by atoms with Gasteiger partial charge in [0.2, 0.25) is 5.91 Å². The van der Waals surface area contributed by atoms with Gasteiger partial charge in [-0.2, -0.15) is 0 Å². The molecule has 3 amide bonds. The van der Waals surface area contributed by atoms with E-state index in [0.29, 0.717) is 6.04 Å². The monoisotopic (exact) mass is 317 g/mol. The molecule has 3 N–H and O–H groups in total. The summed E-state index contributed by atoms with van der Waals surface area (Å²) in [6.45, 7) is 1.96. The van der Waals surface area contributed by atoms with Crippen LogP contribution in [0.2, 0.25) is 0 Å². The molecule has 1 aliphatic rings. The van der Waals surface area contributed by atoms with Gasteiger partial charge in [-0.15, -0.1) is 11.3 Å². The smallest absolute Gasteiger partial charge is 0.315 e. The molecule has 0 unspecified atom stereocenters. The summed E-state index contributed by atoms with van der Waals surface area (Å²) in [6, 6.07) is 8.00. The second kappa shape index (κ2) is 6.36. The van der Waals surface area contributed by atoms with Crippen molar-refractivity contribution in [3.63, 3.8) is 0 Å². The first kappa shape index (κ1) is 14.8. The van der Waals surface area contributed by atoms with Crippen molar-refractivity contribution >= 4 is 33.4 Å². The SMILES string of the molecule is C[C@H](NC(=O)NCC(=O)NC1CC1)c1csc2ccccc12. The zero-order valence-electron chi connectivity index (χ0n) is 12.4. The van der Waals surface area contributed by atoms with Crippen molar-refractivity contribution < 1.29 is 9.59 Å². The predicted octanol–water partition coefficient (Wildman–Crippen LogP) is 2.54. The number of hydrogen-bond donors (Lipinski definition) is 3. The van der Waals surface area contributed by atoms with Crippen LogP contribution in [0.3, 0.4) is 0 Å². The highest BCUT2D eigenvalue weighted by molar-refractivity contribution is 7.17. The number of fused-ring (bicyclic) bond motifs is 1. The fourth-order valence-corrected chi connectivity index (χ4v) is 3.38. The van der Waals surface area contributed by atoms with Crippen molar-refractivity contribution in [2.45, 2.75) is 31.8 Å². The Hall–Kier alpha value is -2.08. The van der Waals surface area contributed by atoms with Gasteiger partial charge < -0.3 is 16.0 Å². The van der Waals surface area contributed by atoms with E-state index in [1.807, 2.05) is 19.1 Å². The number of nitrogens with one attached hydrogen (secondary N) is 3. The maximum absolute atomic E-state index is 11.9. The minimum Gasteiger partial charge on any atom is -0.352 e. The standard InChI is InChI=1S/C16H19N3O2S/c1-10(13-9-22-14-5-3-2-4-12(13)14)18-16(21)17-8-15(20)19-11-6-7-11/h2-5,9-11H,6-8H2,1H3,(H,19,20)(H2,17,18,21)/t10-/m0/s1. The maximum atomic E-state index is 11.9. The van der Waals surface area contributed by atoms with Crippen LogP contribution in [-0.4, -0.2) is 24.5 Å². The van der Waals surface area contributed by atoms with Gasteiger partial charge in [-0.05, 0) is 42.2 Å². The molecule has 1 aromatic carbocycles. The fraction of sp³-hybridized carbons (Fsp3) is 0.375. The zero-order valence-corrected chi connectivity index (χ0v) is 13.2. The van der Waals surface area contributed by atoms with Gasteiger partial charge in [-0.25, -0.2) is 4.79 Å². The van der Waals surface area contributed by atoms with E-state index in [2.05, 4.69) is 33.5 Å². The second-order valence-corrected chi connectivity index (χ2v) is 6.49. The molecular weight excluding hydrogens is 298 g/mol. The first-order chi connectivity index (χ1) is 10.6. The highest BCUT2D eigenvalue weighted by Crippen LogP contribution is 2.29. The Kier molecular flexibility index (Phi) is 4.29. The summed E-state index contributed by atoms with van der Waals surface area (Å²) in [5.74, 6) is -0.133. The summed E-state index contributed by atoms with van der Waals surface area (Å²) in [6.07, 6.45) is 2.08. The molecule has 1 fully saturated rings. The molecule has 2 aromatic rings. The Morgan fingerprint density at radius 2 is 2.09 bits per heavy atom. The van der Waals surface area contributed by atoms with E-state index in [1.54, 1.807) is 11.3 Å². The van der Waals surface area contributed by atoms with Gasteiger partial charge in [-0.3, -0.25) is 4.79 Å². The van der Waals surface area contributed by atoms with Gasteiger partial charge in [0.25, 0.3) is 0 Å². The molecule has 22 heavy (non-hydrogen) atoms. The number of amides is 3. The molecule has 0 spiro atoms. The number of benzene rings is 1. The summed E-state index contributed by atoms with van der Waals surface area (Å²) in [5, 5.41) is 11.5. The molecule has 0 aliphatic heterocycles. The summed E-state index contributed by atoms with van der Waals surface area (Å²) in [5.41, 5.74) is 1.10. The van der Waals surface area contributed by atoms with Crippen LogP contribution in [0.15, 0.2) is 29.6 Å². The lowest BCUT2D eigenvalue weighted by Gasteiger charge is -2.14. The number of urea groups is 1. The largest absolute Gasteiger partial charge is 0.352 e. The summed E-state index contributed by atoms with van der Waals surface area (Å²) in [4.78, 5) is 23.4. The van der Waals surface area contributed by atoms with Crippen LogP contribution in [0, 0.1) is 0 Å². The molecule has 1 heterocycles. The van der Waals surface area contributed by atoms with Gasteiger partial charge in [0.05, 0.1) is 12.6 Å². The van der Waals surface area contributed by atoms with Gasteiger partial charge in [0, 0.05) is 10.7 Å². The first-order valence-electron chi connectivity index (χ1n) is 7.43. The van der Waals surface area contributed by atoms with Crippen molar-refractivity contribution in [3.05, 3.63) is 35.2 Å². The van der Waals surface area contributed by atoms with E-state index in [1.165, 1.54) is 4.70 Å². The van der Waals surface area contributed by atoms with Gasteiger partial charge in [0.1, 0.15) is 0 Å². The van der Waals surface area contributed by atoms with E-state index in [-0.39, 0.29) is 24.5 Å². The Morgan fingerprint density at radius 3 is 2.86 bits per heavy atom. The summed E-state index contributed by atoms with van der Waals surface area (Å²) >= 11 is 1.67. The lowest BCUT2D eigenvalue weighted by molar-refractivity contribution is -0.120. The normalized spacial score (nSPS) is 15.3. The number of carbonyl (C=O) groups excluding carboxylic acids is 2. The third-order valence-electron chi connectivity index (χ3n) is 3.68. The summed E-state index contributed by atoms with van der Waals surface area (Å²) < 4.78 is 1.20. The Balaban J connectivity index is 1.53. The predicted molar refractivity (Wildman–Crippen MR) is 87.9 cm³/mol. The molecule has 0 bridgehead atoms. The number of hydrogen-bond acceptors (Lipinski definition) is 3. The molecule has 1 atom stereocenters. The number of rotatable bonds is 5. The summed E-state index contributed by atoms with van der Waals surface area (Å²) in [7, 11) is 0. The van der Waals surface area contributed by atoms with E-state index >= 15 is 0 Å². The molecule has 5 nitrogen and oxygen atoms in total. The van der Waals surface area contributed by atoms with Crippen LogP contribution in [0.1, 0.15) is 31.4 Å². The molecule has 1 aromatic heterocycles. The van der Waals surface area contributed by atoms with Crippen molar-refractivity contribution in [3.8, 4) is 0 Å². The van der Waals surface area contributed by atoms with Gasteiger partial charge in [0.15, 0.2) is 0 Å². The van der Waals surface area contributed by atoms with Crippen LogP contribution in [-0.2, 0) is 4.79 Å². The molecule has 0 radical (unpaired) electrons. The third kappa shape index (κ3) is 3.57. The molecule has 1 saturated carbocycles. The number of carbonyl (C=O) groups is 2. The number of thiophene rings is 1. The first-order valence-corrected chi connectivity index (χ1v) is 8.31. The Labute approximate surface area is 133 Å². The second-order valence-electron chi connectivity index (χ2n) is 5.58. The van der Waals surface area contributed by atoms with Crippen molar-refractivity contribution in [2.24, 2.45) is 0 Å². The lowest BCUT2D eigenvalue weighted by atomic mass is 10.1. The fourth-order valence-electron chi connectivity index (χ4n) is 2.33. The van der Waals surface area contributed by atoms with E-state index < -0.39 is 0 Å². The highest BCUT2D eigenvalue weighted by Gasteiger charge is 2.23. The van der Waals surface area contributed by atoms with E-state index in [4.69, 9.17) is 0 Å². The zero-order chi connectivity index (χ0) is 15.5. The average Bonchev–Trinajstić information content (AvgIpc) is 3.20. The van der Waals surface area contributed by atoms with E-state index in [9.17, 15) is 9.59 Å². The quantitative estimate of drug-likeness (QED) is 0.793.